The maximum atomic E-state index is 5.81. The highest BCUT2D eigenvalue weighted by Gasteiger charge is 2.18. The second-order valence-corrected chi connectivity index (χ2v) is 5.77. The van der Waals surface area contributed by atoms with Gasteiger partial charge >= 0.3 is 0 Å². The highest BCUT2D eigenvalue weighted by molar-refractivity contribution is 5.16. The number of rotatable bonds is 5. The van der Waals surface area contributed by atoms with Crippen molar-refractivity contribution < 1.29 is 13.9 Å². The minimum absolute atomic E-state index is 0.0875. The van der Waals surface area contributed by atoms with E-state index in [2.05, 4.69) is 26.1 Å². The molecule has 1 aliphatic rings. The molecule has 18 heavy (non-hydrogen) atoms. The molecule has 0 aliphatic carbocycles. The topological polar surface area (TPSA) is 43.6 Å². The van der Waals surface area contributed by atoms with E-state index in [-0.39, 0.29) is 11.6 Å². The van der Waals surface area contributed by atoms with Crippen LogP contribution in [0.1, 0.15) is 38.5 Å². The minimum atomic E-state index is 0.0875. The summed E-state index contributed by atoms with van der Waals surface area (Å²) < 4.78 is 16.6. The van der Waals surface area contributed by atoms with E-state index >= 15 is 0 Å². The average molecular weight is 253 g/mol. The molecule has 102 valence electrons. The van der Waals surface area contributed by atoms with Crippen molar-refractivity contribution in [2.24, 2.45) is 0 Å². The van der Waals surface area contributed by atoms with E-state index in [0.29, 0.717) is 13.2 Å². The second kappa shape index (κ2) is 5.87. The van der Waals surface area contributed by atoms with Crippen molar-refractivity contribution in [2.45, 2.75) is 52.0 Å². The highest BCUT2D eigenvalue weighted by atomic mass is 16.5. The van der Waals surface area contributed by atoms with Crippen LogP contribution in [0.3, 0.4) is 0 Å². The van der Waals surface area contributed by atoms with E-state index in [9.17, 15) is 0 Å². The number of hydrogen-bond donors (Lipinski definition) is 1. The summed E-state index contributed by atoms with van der Waals surface area (Å²) in [5.41, 5.74) is 1.21. The van der Waals surface area contributed by atoms with E-state index in [1.807, 2.05) is 6.07 Å². The first-order valence-electron chi connectivity index (χ1n) is 6.54. The van der Waals surface area contributed by atoms with Crippen LogP contribution in [0.5, 0.6) is 0 Å². The molecule has 0 amide bonds. The molecule has 1 saturated heterocycles. The summed E-state index contributed by atoms with van der Waals surface area (Å²) in [6.45, 7) is 9.29. The fourth-order valence-electron chi connectivity index (χ4n) is 1.85. The van der Waals surface area contributed by atoms with Crippen molar-refractivity contribution in [1.29, 1.82) is 0 Å². The Hall–Kier alpha value is -0.840. The fourth-order valence-corrected chi connectivity index (χ4v) is 1.85. The van der Waals surface area contributed by atoms with Crippen LogP contribution in [0, 0.1) is 0 Å². The van der Waals surface area contributed by atoms with E-state index in [4.69, 9.17) is 13.9 Å². The fraction of sp³-hybridized carbons (Fsp3) is 0.714. The molecule has 0 aromatic carbocycles. The standard InChI is InChI=1S/C14H23NO3/c1-14(2,3)15-8-13-11(4-7-17-13)9-18-12-5-6-16-10-12/h4,7,12,15H,5-6,8-10H2,1-3H3. The van der Waals surface area contributed by atoms with Crippen LogP contribution in [0.25, 0.3) is 0 Å². The smallest absolute Gasteiger partial charge is 0.123 e. The van der Waals surface area contributed by atoms with Crippen molar-refractivity contribution in [2.75, 3.05) is 13.2 Å². The van der Waals surface area contributed by atoms with Gasteiger partial charge in [0.1, 0.15) is 5.76 Å². The van der Waals surface area contributed by atoms with Crippen molar-refractivity contribution in [3.05, 3.63) is 23.7 Å². The summed E-state index contributed by atoms with van der Waals surface area (Å²) in [7, 11) is 0. The molecule has 0 spiro atoms. The molecule has 0 bridgehead atoms. The molecule has 0 radical (unpaired) electrons. The summed E-state index contributed by atoms with van der Waals surface area (Å²) >= 11 is 0. The van der Waals surface area contributed by atoms with Gasteiger partial charge in [-0.05, 0) is 33.3 Å². The molecule has 1 unspecified atom stereocenters. The van der Waals surface area contributed by atoms with Gasteiger partial charge in [0.05, 0.1) is 32.1 Å². The van der Waals surface area contributed by atoms with Gasteiger partial charge in [0, 0.05) is 17.7 Å². The predicted octanol–water partition coefficient (Wildman–Crippen LogP) is 2.47. The monoisotopic (exact) mass is 253 g/mol. The highest BCUT2D eigenvalue weighted by Crippen LogP contribution is 2.16. The van der Waals surface area contributed by atoms with Gasteiger partial charge in [0.25, 0.3) is 0 Å². The summed E-state index contributed by atoms with van der Waals surface area (Å²) in [6.07, 6.45) is 2.96. The zero-order chi connectivity index (χ0) is 13.0. The summed E-state index contributed by atoms with van der Waals surface area (Å²) in [5, 5.41) is 3.42. The molecule has 1 N–H and O–H groups in total. The Morgan fingerprint density at radius 1 is 1.44 bits per heavy atom. The molecule has 4 heteroatoms. The molecule has 1 fully saturated rings. The third-order valence-corrected chi connectivity index (χ3v) is 2.98. The van der Waals surface area contributed by atoms with Crippen LogP contribution in [0.4, 0.5) is 0 Å². The van der Waals surface area contributed by atoms with E-state index < -0.39 is 0 Å². The zero-order valence-corrected chi connectivity index (χ0v) is 11.5. The predicted molar refractivity (Wildman–Crippen MR) is 69.3 cm³/mol. The van der Waals surface area contributed by atoms with Crippen LogP contribution in [0.2, 0.25) is 0 Å². The van der Waals surface area contributed by atoms with Gasteiger partial charge in [-0.1, -0.05) is 0 Å². The molecule has 1 aromatic rings. The summed E-state index contributed by atoms with van der Waals surface area (Å²) in [6, 6.07) is 1.98. The largest absolute Gasteiger partial charge is 0.468 e. The quantitative estimate of drug-likeness (QED) is 0.875. The minimum Gasteiger partial charge on any atom is -0.468 e. The van der Waals surface area contributed by atoms with Gasteiger partial charge in [-0.2, -0.15) is 0 Å². The molecular formula is C14H23NO3. The van der Waals surface area contributed by atoms with E-state index in [1.165, 1.54) is 0 Å². The average Bonchev–Trinajstić information content (AvgIpc) is 2.94. The molecular weight excluding hydrogens is 230 g/mol. The van der Waals surface area contributed by atoms with Crippen molar-refractivity contribution in [3.8, 4) is 0 Å². The first-order valence-corrected chi connectivity index (χ1v) is 6.54. The molecule has 1 aromatic heterocycles. The lowest BCUT2D eigenvalue weighted by atomic mass is 10.1. The normalized spacial score (nSPS) is 20.5. The van der Waals surface area contributed by atoms with Crippen LogP contribution in [0.15, 0.2) is 16.7 Å². The van der Waals surface area contributed by atoms with E-state index in [0.717, 1.165) is 30.9 Å². The third-order valence-electron chi connectivity index (χ3n) is 2.98. The summed E-state index contributed by atoms with van der Waals surface area (Å²) in [5.74, 6) is 0.962. The van der Waals surface area contributed by atoms with Crippen LogP contribution < -0.4 is 5.32 Å². The Kier molecular flexibility index (Phi) is 4.43. The van der Waals surface area contributed by atoms with Gasteiger partial charge in [-0.25, -0.2) is 0 Å². The van der Waals surface area contributed by atoms with Crippen LogP contribution in [-0.2, 0) is 22.6 Å². The lowest BCUT2D eigenvalue weighted by molar-refractivity contribution is 0.0310. The van der Waals surface area contributed by atoms with Crippen molar-refractivity contribution in [1.82, 2.24) is 5.32 Å². The Bertz CT molecular complexity index is 361. The maximum absolute atomic E-state index is 5.81. The van der Waals surface area contributed by atoms with E-state index in [1.54, 1.807) is 6.26 Å². The first kappa shape index (κ1) is 13.6. The van der Waals surface area contributed by atoms with Gasteiger partial charge in [-0.3, -0.25) is 0 Å². The number of nitrogens with one attached hydrogen (secondary N) is 1. The van der Waals surface area contributed by atoms with Crippen LogP contribution in [-0.4, -0.2) is 24.9 Å². The van der Waals surface area contributed by atoms with Crippen molar-refractivity contribution in [3.63, 3.8) is 0 Å². The molecule has 1 atom stereocenters. The lowest BCUT2D eigenvalue weighted by Crippen LogP contribution is -2.35. The van der Waals surface area contributed by atoms with Gasteiger partial charge in [0.15, 0.2) is 0 Å². The molecule has 0 saturated carbocycles. The number of furan rings is 1. The van der Waals surface area contributed by atoms with Crippen molar-refractivity contribution >= 4 is 0 Å². The second-order valence-electron chi connectivity index (χ2n) is 5.77. The van der Waals surface area contributed by atoms with Crippen LogP contribution >= 0.6 is 0 Å². The SMILES string of the molecule is CC(C)(C)NCc1occc1COC1CCOC1. The Morgan fingerprint density at radius 3 is 2.94 bits per heavy atom. The van der Waals surface area contributed by atoms with Gasteiger partial charge < -0.3 is 19.2 Å². The maximum Gasteiger partial charge on any atom is 0.123 e. The Morgan fingerprint density at radius 2 is 2.28 bits per heavy atom. The molecule has 1 aliphatic heterocycles. The lowest BCUT2D eigenvalue weighted by Gasteiger charge is -2.20. The number of ether oxygens (including phenoxy) is 2. The third kappa shape index (κ3) is 4.12. The summed E-state index contributed by atoms with van der Waals surface area (Å²) in [4.78, 5) is 0. The number of hydrogen-bond acceptors (Lipinski definition) is 4. The first-order chi connectivity index (χ1) is 8.54. The van der Waals surface area contributed by atoms with Gasteiger partial charge in [-0.15, -0.1) is 0 Å². The zero-order valence-electron chi connectivity index (χ0n) is 11.5. The molecule has 2 rings (SSSR count). The Labute approximate surface area is 109 Å². The molecule has 2 heterocycles. The van der Waals surface area contributed by atoms with Gasteiger partial charge in [0.2, 0.25) is 0 Å². The molecule has 4 nitrogen and oxygen atoms in total. The Balaban J connectivity index is 1.83.